The highest BCUT2D eigenvalue weighted by Gasteiger charge is 2.36. The molecule has 2 N–H and O–H groups in total. The molecule has 0 spiro atoms. The Kier molecular flexibility index (Phi) is 3.96. The standard InChI is InChI=1S/C17H16N4O3S/c22-15(19-17-18-13(9-25-17)10-6-7-10)12-8-14(16(23)24)21(20-12)11-4-2-1-3-5-11/h1-5,9-10,14H,6-8H2,(H,23,24)(H,18,19,22). The molecule has 0 radical (unpaired) electrons. The van der Waals surface area contributed by atoms with Crippen LogP contribution in [0.5, 0.6) is 0 Å². The number of hydrazone groups is 1. The number of carbonyl (C=O) groups excluding carboxylic acids is 1. The molecule has 1 aliphatic heterocycles. The highest BCUT2D eigenvalue weighted by Crippen LogP contribution is 2.40. The van der Waals surface area contributed by atoms with E-state index in [-0.39, 0.29) is 12.1 Å². The van der Waals surface area contributed by atoms with Crippen LogP contribution in [0.25, 0.3) is 0 Å². The Labute approximate surface area is 148 Å². The number of aliphatic carboxylic acids is 1. The molecule has 4 rings (SSSR count). The van der Waals surface area contributed by atoms with Crippen molar-refractivity contribution in [1.82, 2.24) is 4.98 Å². The molecule has 7 nitrogen and oxygen atoms in total. The van der Waals surface area contributed by atoms with Crippen LogP contribution in [0.4, 0.5) is 10.8 Å². The number of nitrogens with one attached hydrogen (secondary N) is 1. The molecule has 1 aromatic carbocycles. The zero-order chi connectivity index (χ0) is 17.4. The number of rotatable bonds is 5. The average Bonchev–Trinajstić information content (AvgIpc) is 3.19. The molecule has 2 aliphatic rings. The SMILES string of the molecule is O=C(Nc1nc(C2CC2)cs1)C1=NN(c2ccccc2)C(C(=O)O)C1. The third kappa shape index (κ3) is 3.25. The van der Waals surface area contributed by atoms with Crippen LogP contribution in [0.2, 0.25) is 0 Å². The van der Waals surface area contributed by atoms with Gasteiger partial charge in [0.2, 0.25) is 0 Å². The minimum Gasteiger partial charge on any atom is -0.480 e. The first-order chi connectivity index (χ1) is 12.1. The molecule has 1 atom stereocenters. The summed E-state index contributed by atoms with van der Waals surface area (Å²) in [6.45, 7) is 0. The average molecular weight is 356 g/mol. The number of hydrogen-bond donors (Lipinski definition) is 2. The zero-order valence-corrected chi connectivity index (χ0v) is 14.1. The van der Waals surface area contributed by atoms with E-state index in [1.54, 1.807) is 24.3 Å². The fraction of sp³-hybridized carbons (Fsp3) is 0.294. The van der Waals surface area contributed by atoms with Crippen molar-refractivity contribution in [3.8, 4) is 0 Å². The van der Waals surface area contributed by atoms with Crippen LogP contribution >= 0.6 is 11.3 Å². The van der Waals surface area contributed by atoms with Gasteiger partial charge >= 0.3 is 5.97 Å². The van der Waals surface area contributed by atoms with Gasteiger partial charge < -0.3 is 5.11 Å². The third-order valence-electron chi connectivity index (χ3n) is 4.22. The molecule has 1 aromatic heterocycles. The number of aromatic nitrogens is 1. The fourth-order valence-electron chi connectivity index (χ4n) is 2.74. The van der Waals surface area contributed by atoms with Crippen LogP contribution in [0.1, 0.15) is 30.9 Å². The number of amides is 1. The number of para-hydroxylation sites is 1. The molecule has 0 bridgehead atoms. The minimum absolute atomic E-state index is 0.0525. The van der Waals surface area contributed by atoms with Crippen molar-refractivity contribution in [2.75, 3.05) is 10.3 Å². The second kappa shape index (κ2) is 6.29. The second-order valence-electron chi connectivity index (χ2n) is 6.09. The number of thiazole rings is 1. The smallest absolute Gasteiger partial charge is 0.328 e. The first kappa shape index (κ1) is 15.8. The normalized spacial score (nSPS) is 19.6. The van der Waals surface area contributed by atoms with Gasteiger partial charge in [-0.15, -0.1) is 11.3 Å². The monoisotopic (exact) mass is 356 g/mol. The number of hydrogen-bond acceptors (Lipinski definition) is 6. The summed E-state index contributed by atoms with van der Waals surface area (Å²) in [6.07, 6.45) is 2.35. The lowest BCUT2D eigenvalue weighted by Gasteiger charge is -2.19. The second-order valence-corrected chi connectivity index (χ2v) is 6.95. The highest BCUT2D eigenvalue weighted by molar-refractivity contribution is 7.14. The van der Waals surface area contributed by atoms with E-state index in [2.05, 4.69) is 15.4 Å². The summed E-state index contributed by atoms with van der Waals surface area (Å²) >= 11 is 1.38. The van der Waals surface area contributed by atoms with Gasteiger partial charge in [-0.25, -0.2) is 9.78 Å². The Balaban J connectivity index is 1.52. The van der Waals surface area contributed by atoms with E-state index in [1.165, 1.54) is 16.3 Å². The van der Waals surface area contributed by atoms with Crippen molar-refractivity contribution in [1.29, 1.82) is 0 Å². The van der Waals surface area contributed by atoms with Gasteiger partial charge in [-0.2, -0.15) is 5.10 Å². The molecule has 1 saturated carbocycles. The molecule has 25 heavy (non-hydrogen) atoms. The largest absolute Gasteiger partial charge is 0.480 e. The molecule has 1 amide bonds. The Morgan fingerprint density at radius 1 is 1.24 bits per heavy atom. The van der Waals surface area contributed by atoms with Crippen LogP contribution in [0.3, 0.4) is 0 Å². The molecule has 128 valence electrons. The first-order valence-electron chi connectivity index (χ1n) is 8.03. The third-order valence-corrected chi connectivity index (χ3v) is 4.99. The van der Waals surface area contributed by atoms with Crippen LogP contribution < -0.4 is 10.3 Å². The topological polar surface area (TPSA) is 94.9 Å². The molecule has 2 heterocycles. The quantitative estimate of drug-likeness (QED) is 0.859. The number of carbonyl (C=O) groups is 2. The van der Waals surface area contributed by atoms with Crippen LogP contribution in [0, 0.1) is 0 Å². The van der Waals surface area contributed by atoms with Gasteiger partial charge in [-0.1, -0.05) is 18.2 Å². The van der Waals surface area contributed by atoms with Gasteiger partial charge in [0.05, 0.1) is 11.4 Å². The van der Waals surface area contributed by atoms with E-state index >= 15 is 0 Å². The molecule has 8 heteroatoms. The molecular formula is C17H16N4O3S. The van der Waals surface area contributed by atoms with Crippen LogP contribution in [-0.4, -0.2) is 33.7 Å². The lowest BCUT2D eigenvalue weighted by atomic mass is 10.1. The van der Waals surface area contributed by atoms with Gasteiger partial charge in [-0.3, -0.25) is 15.1 Å². The Morgan fingerprint density at radius 3 is 2.68 bits per heavy atom. The first-order valence-corrected chi connectivity index (χ1v) is 8.91. The van der Waals surface area contributed by atoms with E-state index < -0.39 is 17.9 Å². The highest BCUT2D eigenvalue weighted by atomic mass is 32.1. The predicted molar refractivity (Wildman–Crippen MR) is 95.1 cm³/mol. The van der Waals surface area contributed by atoms with Crippen molar-refractivity contribution in [3.05, 3.63) is 41.4 Å². The van der Waals surface area contributed by atoms with Crippen molar-refractivity contribution in [2.45, 2.75) is 31.2 Å². The van der Waals surface area contributed by atoms with E-state index in [0.29, 0.717) is 16.7 Å². The van der Waals surface area contributed by atoms with E-state index in [0.717, 1.165) is 18.5 Å². The van der Waals surface area contributed by atoms with Crippen LogP contribution in [0.15, 0.2) is 40.8 Å². The summed E-state index contributed by atoms with van der Waals surface area (Å²) in [5, 5.41) is 20.3. The number of anilines is 2. The molecule has 2 aromatic rings. The summed E-state index contributed by atoms with van der Waals surface area (Å²) in [5.74, 6) is -0.891. The lowest BCUT2D eigenvalue weighted by molar-refractivity contribution is -0.138. The summed E-state index contributed by atoms with van der Waals surface area (Å²) in [7, 11) is 0. The Hall–Kier alpha value is -2.74. The lowest BCUT2D eigenvalue weighted by Crippen LogP contribution is -2.34. The fourth-order valence-corrected chi connectivity index (χ4v) is 3.53. The number of carboxylic acid groups (broad SMARTS) is 1. The van der Waals surface area contributed by atoms with Gasteiger partial charge in [0.15, 0.2) is 11.2 Å². The maximum Gasteiger partial charge on any atom is 0.328 e. The minimum atomic E-state index is -1.01. The van der Waals surface area contributed by atoms with Crippen molar-refractivity contribution < 1.29 is 14.7 Å². The Bertz CT molecular complexity index is 845. The molecule has 1 fully saturated rings. The van der Waals surface area contributed by atoms with E-state index in [1.807, 2.05) is 11.4 Å². The van der Waals surface area contributed by atoms with Crippen molar-refractivity contribution >= 4 is 39.7 Å². The number of nitrogens with zero attached hydrogens (tertiary/aromatic N) is 3. The van der Waals surface area contributed by atoms with Gasteiger partial charge in [-0.05, 0) is 25.0 Å². The van der Waals surface area contributed by atoms with Gasteiger partial charge in [0.1, 0.15) is 5.71 Å². The van der Waals surface area contributed by atoms with Crippen molar-refractivity contribution in [3.63, 3.8) is 0 Å². The Morgan fingerprint density at radius 2 is 2.00 bits per heavy atom. The summed E-state index contributed by atoms with van der Waals surface area (Å²) in [4.78, 5) is 28.4. The number of benzene rings is 1. The summed E-state index contributed by atoms with van der Waals surface area (Å²) in [5.41, 5.74) is 1.85. The summed E-state index contributed by atoms with van der Waals surface area (Å²) in [6, 6.07) is 8.09. The van der Waals surface area contributed by atoms with E-state index in [4.69, 9.17) is 0 Å². The maximum absolute atomic E-state index is 12.5. The van der Waals surface area contributed by atoms with E-state index in [9.17, 15) is 14.7 Å². The number of carboxylic acids is 1. The molecule has 1 unspecified atom stereocenters. The van der Waals surface area contributed by atoms with Gasteiger partial charge in [0, 0.05) is 17.7 Å². The zero-order valence-electron chi connectivity index (χ0n) is 13.3. The van der Waals surface area contributed by atoms with Crippen molar-refractivity contribution in [2.24, 2.45) is 5.10 Å². The maximum atomic E-state index is 12.5. The van der Waals surface area contributed by atoms with Crippen LogP contribution in [-0.2, 0) is 9.59 Å². The molecular weight excluding hydrogens is 340 g/mol. The summed E-state index contributed by atoms with van der Waals surface area (Å²) < 4.78 is 0. The van der Waals surface area contributed by atoms with Gasteiger partial charge in [0.25, 0.3) is 5.91 Å². The predicted octanol–water partition coefficient (Wildman–Crippen LogP) is 2.68. The molecule has 0 saturated heterocycles. The molecule has 1 aliphatic carbocycles.